The summed E-state index contributed by atoms with van der Waals surface area (Å²) in [5.41, 5.74) is 8.74. The molecule has 27 heavy (non-hydrogen) atoms. The summed E-state index contributed by atoms with van der Waals surface area (Å²) >= 11 is 0. The van der Waals surface area contributed by atoms with E-state index >= 15 is 0 Å². The zero-order valence-electron chi connectivity index (χ0n) is 17.8. The van der Waals surface area contributed by atoms with E-state index in [1.807, 2.05) is 0 Å². The van der Waals surface area contributed by atoms with Crippen LogP contribution in [0.1, 0.15) is 82.4 Å². The molecule has 0 saturated carbocycles. The minimum absolute atomic E-state index is 0.425. The molecule has 1 unspecified atom stereocenters. The Balaban J connectivity index is 2.25. The van der Waals surface area contributed by atoms with E-state index in [-0.39, 0.29) is 0 Å². The van der Waals surface area contributed by atoms with Gasteiger partial charge in [0.2, 0.25) is 0 Å². The first-order valence-corrected chi connectivity index (χ1v) is 10.3. The number of aromatic nitrogens is 4. The van der Waals surface area contributed by atoms with Crippen LogP contribution in [0.2, 0.25) is 0 Å². The van der Waals surface area contributed by atoms with Crippen molar-refractivity contribution in [1.29, 1.82) is 0 Å². The Labute approximate surface area is 163 Å². The quantitative estimate of drug-likeness (QED) is 0.556. The van der Waals surface area contributed by atoms with Gasteiger partial charge in [-0.2, -0.15) is 0 Å². The Bertz CT molecular complexity index is 953. The molecule has 0 amide bonds. The minimum Gasteiger partial charge on any atom is -0.334 e. The Morgan fingerprint density at radius 2 is 1.63 bits per heavy atom. The van der Waals surface area contributed by atoms with E-state index in [4.69, 9.17) is 15.0 Å². The van der Waals surface area contributed by atoms with Crippen LogP contribution in [0.4, 0.5) is 0 Å². The average Bonchev–Trinajstić information content (AvgIpc) is 3.01. The molecule has 0 N–H and O–H groups in total. The molecule has 0 spiro atoms. The SMILES string of the molecule is CCc1nc(C(C)C)ccc1-c1nc2c(nc1CC)c(C(C)CC)cn2C. The second-order valence-corrected chi connectivity index (χ2v) is 7.79. The Hall–Kier alpha value is -2.23. The molecular weight excluding hydrogens is 332 g/mol. The van der Waals surface area contributed by atoms with Crippen molar-refractivity contribution < 1.29 is 0 Å². The van der Waals surface area contributed by atoms with Crippen LogP contribution in [0.15, 0.2) is 18.3 Å². The molecule has 4 nitrogen and oxygen atoms in total. The monoisotopic (exact) mass is 364 g/mol. The van der Waals surface area contributed by atoms with Gasteiger partial charge in [0, 0.05) is 35.8 Å². The van der Waals surface area contributed by atoms with Gasteiger partial charge in [-0.25, -0.2) is 9.97 Å². The highest BCUT2D eigenvalue weighted by Gasteiger charge is 2.20. The van der Waals surface area contributed by atoms with E-state index in [1.54, 1.807) is 0 Å². The molecule has 0 aliphatic carbocycles. The number of fused-ring (bicyclic) bond motifs is 1. The van der Waals surface area contributed by atoms with Crippen LogP contribution >= 0.6 is 0 Å². The molecule has 0 aromatic carbocycles. The number of rotatable bonds is 6. The van der Waals surface area contributed by atoms with Crippen molar-refractivity contribution in [2.75, 3.05) is 0 Å². The van der Waals surface area contributed by atoms with Crippen LogP contribution in [0.3, 0.4) is 0 Å². The molecule has 1 atom stereocenters. The first-order valence-electron chi connectivity index (χ1n) is 10.3. The van der Waals surface area contributed by atoms with Gasteiger partial charge in [0.25, 0.3) is 0 Å². The molecule has 0 fully saturated rings. The van der Waals surface area contributed by atoms with Crippen LogP contribution in [0.5, 0.6) is 0 Å². The molecule has 3 aromatic heterocycles. The predicted octanol–water partition coefficient (Wildman–Crippen LogP) is 5.79. The summed E-state index contributed by atoms with van der Waals surface area (Å²) in [6.07, 6.45) is 5.06. The van der Waals surface area contributed by atoms with E-state index in [0.717, 1.165) is 58.8 Å². The topological polar surface area (TPSA) is 43.6 Å². The van der Waals surface area contributed by atoms with Crippen molar-refractivity contribution in [3.63, 3.8) is 0 Å². The van der Waals surface area contributed by atoms with E-state index < -0.39 is 0 Å². The molecule has 3 rings (SSSR count). The maximum atomic E-state index is 5.10. The van der Waals surface area contributed by atoms with Gasteiger partial charge in [-0.1, -0.05) is 41.5 Å². The Morgan fingerprint density at radius 1 is 0.926 bits per heavy atom. The lowest BCUT2D eigenvalue weighted by atomic mass is 9.99. The number of pyridine rings is 1. The summed E-state index contributed by atoms with van der Waals surface area (Å²) in [6.45, 7) is 13.2. The maximum Gasteiger partial charge on any atom is 0.159 e. The van der Waals surface area contributed by atoms with Gasteiger partial charge in [-0.3, -0.25) is 4.98 Å². The molecular formula is C23H32N4. The van der Waals surface area contributed by atoms with Crippen LogP contribution in [0, 0.1) is 0 Å². The highest BCUT2D eigenvalue weighted by Crippen LogP contribution is 2.32. The summed E-state index contributed by atoms with van der Waals surface area (Å²) in [5, 5.41) is 0. The first kappa shape index (κ1) is 19.5. The van der Waals surface area contributed by atoms with Crippen molar-refractivity contribution in [1.82, 2.24) is 19.5 Å². The number of aryl methyl sites for hydroxylation is 3. The van der Waals surface area contributed by atoms with Gasteiger partial charge >= 0.3 is 0 Å². The molecule has 3 aromatic rings. The van der Waals surface area contributed by atoms with Gasteiger partial charge < -0.3 is 4.57 Å². The zero-order valence-corrected chi connectivity index (χ0v) is 17.8. The summed E-state index contributed by atoms with van der Waals surface area (Å²) in [4.78, 5) is 15.1. The molecule has 0 aliphatic rings. The highest BCUT2D eigenvalue weighted by atomic mass is 15.0. The average molecular weight is 365 g/mol. The Morgan fingerprint density at radius 3 is 2.22 bits per heavy atom. The van der Waals surface area contributed by atoms with Crippen LogP contribution in [0.25, 0.3) is 22.4 Å². The van der Waals surface area contributed by atoms with Crippen molar-refractivity contribution in [3.05, 3.63) is 41.0 Å². The van der Waals surface area contributed by atoms with Gasteiger partial charge in [0.05, 0.1) is 11.4 Å². The third kappa shape index (κ3) is 3.50. The molecule has 0 radical (unpaired) electrons. The molecule has 144 valence electrons. The minimum atomic E-state index is 0.425. The molecule has 3 heterocycles. The summed E-state index contributed by atoms with van der Waals surface area (Å²) in [6, 6.07) is 4.33. The predicted molar refractivity (Wildman–Crippen MR) is 113 cm³/mol. The summed E-state index contributed by atoms with van der Waals surface area (Å²) in [7, 11) is 2.07. The highest BCUT2D eigenvalue weighted by molar-refractivity contribution is 5.80. The van der Waals surface area contributed by atoms with Gasteiger partial charge in [-0.05, 0) is 43.2 Å². The van der Waals surface area contributed by atoms with E-state index in [2.05, 4.69) is 71.5 Å². The van der Waals surface area contributed by atoms with Gasteiger partial charge in [0.1, 0.15) is 5.52 Å². The lowest BCUT2D eigenvalue weighted by Crippen LogP contribution is -2.05. The smallest absolute Gasteiger partial charge is 0.159 e. The van der Waals surface area contributed by atoms with E-state index in [0.29, 0.717) is 11.8 Å². The molecule has 4 heteroatoms. The standard InChI is InChI=1S/C23H32N4/c1-8-15(6)17-13-27(7)23-22(17)25-19(10-3)21(26-23)16-11-12-20(14(4)5)24-18(16)9-2/h11-15H,8-10H2,1-7H3. The lowest BCUT2D eigenvalue weighted by molar-refractivity contribution is 0.733. The fraction of sp³-hybridized carbons (Fsp3) is 0.522. The van der Waals surface area contributed by atoms with Crippen molar-refractivity contribution >= 4 is 11.2 Å². The summed E-state index contributed by atoms with van der Waals surface area (Å²) in [5.74, 6) is 0.909. The Kier molecular flexibility index (Phi) is 5.64. The number of hydrogen-bond donors (Lipinski definition) is 0. The van der Waals surface area contributed by atoms with Crippen molar-refractivity contribution in [2.24, 2.45) is 7.05 Å². The second kappa shape index (κ2) is 7.79. The second-order valence-electron chi connectivity index (χ2n) is 7.79. The molecule has 0 saturated heterocycles. The number of hydrogen-bond acceptors (Lipinski definition) is 3. The maximum absolute atomic E-state index is 5.10. The normalized spacial score (nSPS) is 12.9. The van der Waals surface area contributed by atoms with Gasteiger partial charge in [0.15, 0.2) is 5.65 Å². The fourth-order valence-electron chi connectivity index (χ4n) is 3.60. The van der Waals surface area contributed by atoms with E-state index in [1.165, 1.54) is 5.56 Å². The van der Waals surface area contributed by atoms with Gasteiger partial charge in [-0.15, -0.1) is 0 Å². The van der Waals surface area contributed by atoms with Crippen molar-refractivity contribution in [2.45, 2.75) is 72.6 Å². The van der Waals surface area contributed by atoms with Crippen molar-refractivity contribution in [3.8, 4) is 11.3 Å². The van der Waals surface area contributed by atoms with E-state index in [9.17, 15) is 0 Å². The number of nitrogens with zero attached hydrogens (tertiary/aromatic N) is 4. The zero-order chi connectivity index (χ0) is 19.7. The fourth-order valence-corrected chi connectivity index (χ4v) is 3.60. The molecule has 0 bridgehead atoms. The first-order chi connectivity index (χ1) is 12.9. The molecule has 0 aliphatic heterocycles. The largest absolute Gasteiger partial charge is 0.334 e. The third-order valence-electron chi connectivity index (χ3n) is 5.55. The summed E-state index contributed by atoms with van der Waals surface area (Å²) < 4.78 is 2.12. The lowest BCUT2D eigenvalue weighted by Gasteiger charge is -2.14. The van der Waals surface area contributed by atoms with Crippen LogP contribution in [-0.2, 0) is 19.9 Å². The van der Waals surface area contributed by atoms with Crippen LogP contribution in [-0.4, -0.2) is 19.5 Å². The third-order valence-corrected chi connectivity index (χ3v) is 5.55. The van der Waals surface area contributed by atoms with Crippen LogP contribution < -0.4 is 0 Å².